The van der Waals surface area contributed by atoms with Crippen LogP contribution in [0.15, 0.2) is 23.3 Å². The van der Waals surface area contributed by atoms with E-state index in [2.05, 4.69) is 46.8 Å². The number of allylic oxidation sites excluding steroid dienone is 3. The first-order valence-corrected chi connectivity index (χ1v) is 8.97. The molecule has 0 radical (unpaired) electrons. The third-order valence-electron chi connectivity index (χ3n) is 5.88. The summed E-state index contributed by atoms with van der Waals surface area (Å²) in [7, 11) is 0. The lowest BCUT2D eigenvalue weighted by molar-refractivity contribution is -0.162. The second-order valence-corrected chi connectivity index (χ2v) is 8.03. The molecular formula is C20H34O2. The van der Waals surface area contributed by atoms with Gasteiger partial charge in [-0.15, -0.1) is 0 Å². The van der Waals surface area contributed by atoms with Crippen molar-refractivity contribution < 1.29 is 9.84 Å². The molecule has 0 aromatic heterocycles. The molecule has 1 fully saturated rings. The molecule has 0 aromatic carbocycles. The lowest BCUT2D eigenvalue weighted by Crippen LogP contribution is -2.44. The molecule has 2 heterocycles. The number of rotatable bonds is 1. The molecule has 2 rings (SSSR count). The van der Waals surface area contributed by atoms with Crippen molar-refractivity contribution >= 4 is 0 Å². The van der Waals surface area contributed by atoms with E-state index in [0.29, 0.717) is 5.92 Å². The van der Waals surface area contributed by atoms with Crippen molar-refractivity contribution in [2.75, 3.05) is 0 Å². The third-order valence-corrected chi connectivity index (χ3v) is 5.88. The summed E-state index contributed by atoms with van der Waals surface area (Å²) >= 11 is 0. The zero-order valence-electron chi connectivity index (χ0n) is 15.1. The zero-order valence-corrected chi connectivity index (χ0v) is 15.1. The van der Waals surface area contributed by atoms with Crippen LogP contribution in [0.3, 0.4) is 0 Å². The minimum absolute atomic E-state index is 0.104. The van der Waals surface area contributed by atoms with Gasteiger partial charge in [0, 0.05) is 0 Å². The molecular weight excluding hydrogens is 272 g/mol. The normalized spacial score (nSPS) is 37.9. The number of fused-ring (bicyclic) bond motifs is 2. The molecule has 1 N–H and O–H groups in total. The third kappa shape index (κ3) is 3.83. The van der Waals surface area contributed by atoms with E-state index < -0.39 is 0 Å². The van der Waals surface area contributed by atoms with Gasteiger partial charge >= 0.3 is 0 Å². The van der Waals surface area contributed by atoms with Gasteiger partial charge in [0.1, 0.15) is 0 Å². The number of aliphatic hydroxyl groups is 1. The summed E-state index contributed by atoms with van der Waals surface area (Å²) in [6, 6.07) is 0. The van der Waals surface area contributed by atoms with E-state index in [1.165, 1.54) is 11.1 Å². The fourth-order valence-electron chi connectivity index (χ4n) is 3.81. The first-order chi connectivity index (χ1) is 10.3. The van der Waals surface area contributed by atoms with Gasteiger partial charge in [0.25, 0.3) is 0 Å². The van der Waals surface area contributed by atoms with Crippen molar-refractivity contribution in [3.8, 4) is 0 Å². The molecule has 2 aliphatic rings. The van der Waals surface area contributed by atoms with Crippen LogP contribution in [0.4, 0.5) is 0 Å². The molecule has 0 saturated carbocycles. The average Bonchev–Trinajstić information content (AvgIpc) is 2.82. The number of ether oxygens (including phenoxy) is 1. The fraction of sp³-hybridized carbons (Fsp3) is 0.800. The Morgan fingerprint density at radius 2 is 1.82 bits per heavy atom. The Hall–Kier alpha value is -0.600. The fourth-order valence-corrected chi connectivity index (χ4v) is 3.81. The molecule has 2 nitrogen and oxygen atoms in total. The van der Waals surface area contributed by atoms with Crippen molar-refractivity contribution in [3.05, 3.63) is 23.3 Å². The summed E-state index contributed by atoms with van der Waals surface area (Å²) < 4.78 is 6.59. The molecule has 2 aliphatic heterocycles. The second kappa shape index (κ2) is 6.88. The molecule has 2 bridgehead atoms. The van der Waals surface area contributed by atoms with Crippen LogP contribution < -0.4 is 0 Å². The zero-order chi connectivity index (χ0) is 16.4. The molecule has 0 aliphatic carbocycles. The molecule has 3 atom stereocenters. The Morgan fingerprint density at radius 1 is 1.14 bits per heavy atom. The van der Waals surface area contributed by atoms with Crippen molar-refractivity contribution in [1.29, 1.82) is 0 Å². The molecule has 22 heavy (non-hydrogen) atoms. The van der Waals surface area contributed by atoms with E-state index in [0.717, 1.165) is 44.9 Å². The van der Waals surface area contributed by atoms with Crippen molar-refractivity contribution in [2.45, 2.75) is 96.9 Å². The first kappa shape index (κ1) is 17.7. The highest BCUT2D eigenvalue weighted by atomic mass is 16.5. The highest BCUT2D eigenvalue weighted by molar-refractivity contribution is 5.10. The molecule has 0 aromatic rings. The maximum atomic E-state index is 10.7. The lowest BCUT2D eigenvalue weighted by Gasteiger charge is -2.38. The Morgan fingerprint density at radius 3 is 2.50 bits per heavy atom. The summed E-state index contributed by atoms with van der Waals surface area (Å²) in [6.07, 6.45) is 11.3. The van der Waals surface area contributed by atoms with Crippen molar-refractivity contribution in [3.63, 3.8) is 0 Å². The second-order valence-electron chi connectivity index (χ2n) is 8.03. The number of hydrogen-bond donors (Lipinski definition) is 1. The summed E-state index contributed by atoms with van der Waals surface area (Å²) in [5, 5.41) is 10.7. The lowest BCUT2D eigenvalue weighted by atomic mass is 9.82. The molecule has 2 heteroatoms. The van der Waals surface area contributed by atoms with Gasteiger partial charge in [0.15, 0.2) is 0 Å². The van der Waals surface area contributed by atoms with Crippen LogP contribution in [0.2, 0.25) is 0 Å². The smallest absolute Gasteiger partial charge is 0.0921 e. The maximum Gasteiger partial charge on any atom is 0.0921 e. The van der Waals surface area contributed by atoms with Crippen molar-refractivity contribution in [2.24, 2.45) is 5.92 Å². The summed E-state index contributed by atoms with van der Waals surface area (Å²) in [6.45, 7) is 11.0. The Labute approximate surface area is 136 Å². The summed E-state index contributed by atoms with van der Waals surface area (Å²) in [4.78, 5) is 0. The first-order valence-electron chi connectivity index (χ1n) is 8.97. The van der Waals surface area contributed by atoms with Gasteiger partial charge in [-0.1, -0.05) is 37.1 Å². The van der Waals surface area contributed by atoms with Gasteiger partial charge in [-0.3, -0.25) is 0 Å². The van der Waals surface area contributed by atoms with Crippen LogP contribution in [-0.4, -0.2) is 22.4 Å². The van der Waals surface area contributed by atoms with Crippen LogP contribution in [0.5, 0.6) is 0 Å². The van der Waals surface area contributed by atoms with Crippen molar-refractivity contribution in [1.82, 2.24) is 0 Å². The predicted octanol–water partition coefficient (Wildman–Crippen LogP) is 5.17. The maximum absolute atomic E-state index is 10.7. The standard InChI is InChI=1S/C20H34O2/c1-15(2)20-12-11-17(4)8-6-7-16(3)9-10-18(21)19(5,22-20)13-14-20/h7,11,15,18,21H,6,8-10,12-14H2,1-5H3/t18-,19+,20+/m0/s1. The van der Waals surface area contributed by atoms with E-state index in [1.54, 1.807) is 0 Å². The minimum atomic E-state index is -0.389. The van der Waals surface area contributed by atoms with Crippen LogP contribution in [0, 0.1) is 5.92 Å². The van der Waals surface area contributed by atoms with E-state index >= 15 is 0 Å². The van der Waals surface area contributed by atoms with Gasteiger partial charge in [-0.25, -0.2) is 0 Å². The van der Waals surface area contributed by atoms with E-state index in [1.807, 2.05) is 0 Å². The van der Waals surface area contributed by atoms with Gasteiger partial charge in [0.05, 0.1) is 17.3 Å². The minimum Gasteiger partial charge on any atom is -0.390 e. The molecule has 1 saturated heterocycles. The molecule has 126 valence electrons. The Bertz CT molecular complexity index is 449. The predicted molar refractivity (Wildman–Crippen MR) is 92.9 cm³/mol. The molecule has 0 amide bonds. The summed E-state index contributed by atoms with van der Waals surface area (Å²) in [5.74, 6) is 0.468. The topological polar surface area (TPSA) is 29.5 Å². The van der Waals surface area contributed by atoms with E-state index in [4.69, 9.17) is 4.74 Å². The average molecular weight is 306 g/mol. The Kier molecular flexibility index (Phi) is 5.55. The van der Waals surface area contributed by atoms with Gasteiger partial charge in [0.2, 0.25) is 0 Å². The van der Waals surface area contributed by atoms with Crippen LogP contribution in [0.25, 0.3) is 0 Å². The SMILES string of the molecule is CC1=CC[C@]2(C(C)C)CC[C@@](C)(O2)[C@@H](O)CCC(C)=CCC1. The van der Waals surface area contributed by atoms with Gasteiger partial charge in [-0.2, -0.15) is 0 Å². The molecule has 0 unspecified atom stereocenters. The van der Waals surface area contributed by atoms with E-state index in [9.17, 15) is 5.11 Å². The number of aliphatic hydroxyl groups excluding tert-OH is 1. The largest absolute Gasteiger partial charge is 0.390 e. The Balaban J connectivity index is 2.27. The van der Waals surface area contributed by atoms with E-state index in [-0.39, 0.29) is 17.3 Å². The van der Waals surface area contributed by atoms with Gasteiger partial charge < -0.3 is 9.84 Å². The molecule has 0 spiro atoms. The van der Waals surface area contributed by atoms with Crippen LogP contribution in [0.1, 0.15) is 79.6 Å². The quantitative estimate of drug-likeness (QED) is 0.677. The monoisotopic (exact) mass is 306 g/mol. The summed E-state index contributed by atoms with van der Waals surface area (Å²) in [5.41, 5.74) is 2.36. The number of hydrogen-bond acceptors (Lipinski definition) is 2. The van der Waals surface area contributed by atoms with Crippen LogP contribution in [-0.2, 0) is 4.74 Å². The highest BCUT2D eigenvalue weighted by Gasteiger charge is 2.50. The highest BCUT2D eigenvalue weighted by Crippen LogP contribution is 2.47. The van der Waals surface area contributed by atoms with Gasteiger partial charge in [-0.05, 0) is 71.6 Å². The van der Waals surface area contributed by atoms with Crippen LogP contribution >= 0.6 is 0 Å².